The van der Waals surface area contributed by atoms with Gasteiger partial charge in [-0.3, -0.25) is 9.59 Å². The average Bonchev–Trinajstić information content (AvgIpc) is 2.76. The predicted molar refractivity (Wildman–Crippen MR) is 135 cm³/mol. The number of nitrogens with zero attached hydrogens (tertiary/aromatic N) is 1. The van der Waals surface area contributed by atoms with E-state index in [2.05, 4.69) is 25.5 Å². The average molecular weight is 504 g/mol. The number of carbonyl (C=O) groups excluding carboxylic acids is 2. The summed E-state index contributed by atoms with van der Waals surface area (Å²) in [4.78, 5) is 24.5. The minimum absolute atomic E-state index is 0.00225. The monoisotopic (exact) mass is 503 g/mol. The van der Waals surface area contributed by atoms with Crippen LogP contribution >= 0.6 is 23.2 Å². The van der Waals surface area contributed by atoms with Crippen molar-refractivity contribution < 1.29 is 18.8 Å². The van der Waals surface area contributed by atoms with Crippen LogP contribution in [0, 0.1) is 5.92 Å². The van der Waals surface area contributed by atoms with Gasteiger partial charge in [0, 0.05) is 30.7 Å². The topological polar surface area (TPSA) is 55.4 Å². The molecule has 1 aliphatic carbocycles. The summed E-state index contributed by atoms with van der Waals surface area (Å²) in [5, 5.41) is 4.24. The molecular formula is C27H33Cl2N2O3+. The van der Waals surface area contributed by atoms with Gasteiger partial charge in [0.25, 0.3) is 0 Å². The highest BCUT2D eigenvalue weighted by molar-refractivity contribution is 6.42. The molecular weight excluding hydrogens is 471 g/mol. The van der Waals surface area contributed by atoms with Gasteiger partial charge >= 0.3 is 5.97 Å². The van der Waals surface area contributed by atoms with Crippen LogP contribution in [0.25, 0.3) is 0 Å². The van der Waals surface area contributed by atoms with Crippen molar-refractivity contribution in [2.45, 2.75) is 50.5 Å². The highest BCUT2D eigenvalue weighted by Crippen LogP contribution is 2.50. The Hall–Kier alpha value is -2.08. The number of benzene rings is 2. The third-order valence-electron chi connectivity index (χ3n) is 7.52. The van der Waals surface area contributed by atoms with Crippen LogP contribution in [-0.2, 0) is 21.4 Å². The molecule has 4 rings (SSSR count). The second-order valence-electron chi connectivity index (χ2n) is 10.5. The number of rotatable bonds is 5. The number of carbonyl (C=O) groups is 2. The number of nitrogens with one attached hydrogen (secondary N) is 1. The molecule has 1 heterocycles. The smallest absolute Gasteiger partial charge is 0.308 e. The van der Waals surface area contributed by atoms with Gasteiger partial charge in [-0.2, -0.15) is 0 Å². The molecule has 1 aliphatic heterocycles. The Morgan fingerprint density at radius 1 is 1.12 bits per heavy atom. The molecule has 1 amide bonds. The van der Waals surface area contributed by atoms with Crippen molar-refractivity contribution in [3.63, 3.8) is 0 Å². The maximum atomic E-state index is 12.9. The summed E-state index contributed by atoms with van der Waals surface area (Å²) in [6, 6.07) is 13.4. The number of quaternary nitrogens is 1. The van der Waals surface area contributed by atoms with Crippen LogP contribution < -0.4 is 10.1 Å². The zero-order valence-corrected chi connectivity index (χ0v) is 21.6. The van der Waals surface area contributed by atoms with Crippen molar-refractivity contribution in [3.05, 3.63) is 63.6 Å². The van der Waals surface area contributed by atoms with Gasteiger partial charge < -0.3 is 14.5 Å². The van der Waals surface area contributed by atoms with E-state index in [0.29, 0.717) is 21.7 Å². The van der Waals surface area contributed by atoms with E-state index in [-0.39, 0.29) is 29.8 Å². The zero-order valence-electron chi connectivity index (χ0n) is 20.1. The van der Waals surface area contributed by atoms with E-state index in [0.717, 1.165) is 48.8 Å². The standard InChI is InChI=1S/C27H32Cl2N2O3/c1-18(32)34-23-6-4-5-20(15-23)27-11-12-31(2,3)17-21(27)8-9-22(16-27)30-26(33)14-19-7-10-24(28)25(29)13-19/h4-7,10,13,15,21-22H,8-9,11-12,14,16-17H2,1-3H3/p+1/t21-,22+,27+/m1/s1. The first kappa shape index (κ1) is 25.0. The Labute approximate surface area is 212 Å². The number of ether oxygens (including phenoxy) is 1. The maximum Gasteiger partial charge on any atom is 0.308 e. The molecule has 2 aromatic rings. The number of fused-ring (bicyclic) bond motifs is 1. The molecule has 0 bridgehead atoms. The molecule has 1 saturated carbocycles. The van der Waals surface area contributed by atoms with Crippen LogP contribution in [-0.4, -0.2) is 49.6 Å². The summed E-state index contributed by atoms with van der Waals surface area (Å²) in [5.41, 5.74) is 2.00. The van der Waals surface area contributed by atoms with Gasteiger partial charge in [-0.05, 0) is 54.7 Å². The molecule has 0 aromatic heterocycles. The lowest BCUT2D eigenvalue weighted by Gasteiger charge is -2.54. The van der Waals surface area contributed by atoms with Crippen LogP contribution in [0.4, 0.5) is 0 Å². The van der Waals surface area contributed by atoms with Crippen molar-refractivity contribution in [3.8, 4) is 5.75 Å². The Balaban J connectivity index is 1.55. The quantitative estimate of drug-likeness (QED) is 0.348. The maximum absolute atomic E-state index is 12.9. The molecule has 1 saturated heterocycles. The SMILES string of the molecule is CC(=O)Oc1cccc([C@@]23CC[N+](C)(C)C[C@H]2CC[C@H](NC(=O)Cc2ccc(Cl)c(Cl)c2)C3)c1. The first-order valence-electron chi connectivity index (χ1n) is 11.9. The summed E-state index contributed by atoms with van der Waals surface area (Å²) in [6.45, 7) is 3.59. The van der Waals surface area contributed by atoms with E-state index in [9.17, 15) is 9.59 Å². The van der Waals surface area contributed by atoms with Gasteiger partial charge in [0.2, 0.25) is 5.91 Å². The third kappa shape index (κ3) is 5.59. The molecule has 34 heavy (non-hydrogen) atoms. The molecule has 0 spiro atoms. The van der Waals surface area contributed by atoms with Crippen LogP contribution in [0.5, 0.6) is 5.75 Å². The van der Waals surface area contributed by atoms with Crippen LogP contribution in [0.1, 0.15) is 43.7 Å². The Morgan fingerprint density at radius 2 is 1.91 bits per heavy atom. The number of hydrogen-bond acceptors (Lipinski definition) is 3. The van der Waals surface area contributed by atoms with E-state index >= 15 is 0 Å². The molecule has 5 nitrogen and oxygen atoms in total. The minimum Gasteiger partial charge on any atom is -0.427 e. The van der Waals surface area contributed by atoms with E-state index < -0.39 is 0 Å². The normalized spacial score (nSPS) is 25.8. The van der Waals surface area contributed by atoms with E-state index in [1.807, 2.05) is 24.3 Å². The lowest BCUT2D eigenvalue weighted by molar-refractivity contribution is -0.901. The fraction of sp³-hybridized carbons (Fsp3) is 0.481. The number of likely N-dealkylation sites (tertiary alicyclic amines) is 1. The van der Waals surface area contributed by atoms with Crippen molar-refractivity contribution in [2.24, 2.45) is 5.92 Å². The second kappa shape index (κ2) is 9.88. The van der Waals surface area contributed by atoms with E-state index in [1.165, 1.54) is 12.5 Å². The lowest BCUT2D eigenvalue weighted by Crippen LogP contribution is -2.60. The van der Waals surface area contributed by atoms with Gasteiger partial charge in [-0.15, -0.1) is 0 Å². The summed E-state index contributed by atoms with van der Waals surface area (Å²) in [7, 11) is 4.59. The highest BCUT2D eigenvalue weighted by Gasteiger charge is 2.51. The Kier molecular flexibility index (Phi) is 7.28. The number of piperidine rings is 1. The predicted octanol–water partition coefficient (Wildman–Crippen LogP) is 5.16. The fourth-order valence-electron chi connectivity index (χ4n) is 5.92. The molecule has 3 atom stereocenters. The molecule has 2 fully saturated rings. The molecule has 0 unspecified atom stereocenters. The lowest BCUT2D eigenvalue weighted by atomic mass is 9.57. The van der Waals surface area contributed by atoms with Crippen LogP contribution in [0.15, 0.2) is 42.5 Å². The first-order chi connectivity index (χ1) is 16.1. The zero-order chi connectivity index (χ0) is 24.5. The fourth-order valence-corrected chi connectivity index (χ4v) is 6.24. The van der Waals surface area contributed by atoms with Crippen LogP contribution in [0.2, 0.25) is 10.0 Å². The summed E-state index contributed by atoms with van der Waals surface area (Å²) in [5.74, 6) is 0.775. The summed E-state index contributed by atoms with van der Waals surface area (Å²) in [6.07, 6.45) is 4.21. The van der Waals surface area contributed by atoms with E-state index in [1.54, 1.807) is 12.1 Å². The molecule has 2 aromatic carbocycles. The molecule has 0 radical (unpaired) electrons. The number of esters is 1. The highest BCUT2D eigenvalue weighted by atomic mass is 35.5. The summed E-state index contributed by atoms with van der Waals surface area (Å²) < 4.78 is 6.41. The molecule has 1 N–H and O–H groups in total. The Morgan fingerprint density at radius 3 is 2.65 bits per heavy atom. The van der Waals surface area contributed by atoms with Gasteiger partial charge in [0.15, 0.2) is 0 Å². The molecule has 2 aliphatic rings. The van der Waals surface area contributed by atoms with Gasteiger partial charge in [-0.25, -0.2) is 0 Å². The number of halogens is 2. The number of amides is 1. The summed E-state index contributed by atoms with van der Waals surface area (Å²) >= 11 is 12.1. The Bertz CT molecular complexity index is 1090. The van der Waals surface area contributed by atoms with Crippen LogP contribution in [0.3, 0.4) is 0 Å². The first-order valence-corrected chi connectivity index (χ1v) is 12.7. The second-order valence-corrected chi connectivity index (χ2v) is 11.4. The molecule has 182 valence electrons. The van der Waals surface area contributed by atoms with Gasteiger partial charge in [0.05, 0.1) is 43.7 Å². The molecule has 7 heteroatoms. The van der Waals surface area contributed by atoms with Gasteiger partial charge in [0.1, 0.15) is 5.75 Å². The van der Waals surface area contributed by atoms with Crippen molar-refractivity contribution in [2.75, 3.05) is 27.2 Å². The van der Waals surface area contributed by atoms with Crippen molar-refractivity contribution >= 4 is 35.1 Å². The van der Waals surface area contributed by atoms with Crippen molar-refractivity contribution in [1.29, 1.82) is 0 Å². The van der Waals surface area contributed by atoms with Crippen molar-refractivity contribution in [1.82, 2.24) is 5.32 Å². The van der Waals surface area contributed by atoms with E-state index in [4.69, 9.17) is 27.9 Å². The largest absolute Gasteiger partial charge is 0.427 e. The third-order valence-corrected chi connectivity index (χ3v) is 8.26. The minimum atomic E-state index is -0.316. The number of hydrogen-bond donors (Lipinski definition) is 1. The van der Waals surface area contributed by atoms with Gasteiger partial charge in [-0.1, -0.05) is 41.4 Å².